The number of fused-ring (bicyclic) bond motifs is 1. The van der Waals surface area contributed by atoms with Gasteiger partial charge in [0.15, 0.2) is 17.0 Å². The molecule has 2 aromatic heterocycles. The van der Waals surface area contributed by atoms with Gasteiger partial charge in [-0.3, -0.25) is 9.09 Å². The summed E-state index contributed by atoms with van der Waals surface area (Å²) in [5.41, 5.74) is 2.31. The van der Waals surface area contributed by atoms with Crippen molar-refractivity contribution in [2.45, 2.75) is 26.3 Å². The number of aromatic nitrogens is 4. The van der Waals surface area contributed by atoms with E-state index >= 15 is 0 Å². The first-order valence-electron chi connectivity index (χ1n) is 8.18. The molecule has 1 aromatic carbocycles. The number of rotatable bonds is 9. The summed E-state index contributed by atoms with van der Waals surface area (Å²) in [5.74, 6) is 0.612. The number of hydrogen-bond acceptors (Lipinski definition) is 7. The molecule has 0 bridgehead atoms. The lowest BCUT2D eigenvalue weighted by Crippen LogP contribution is -2.17. The van der Waals surface area contributed by atoms with Crippen molar-refractivity contribution in [1.29, 1.82) is 0 Å². The van der Waals surface area contributed by atoms with E-state index in [1.807, 2.05) is 30.3 Å². The van der Waals surface area contributed by atoms with Crippen LogP contribution < -0.4 is 5.32 Å². The van der Waals surface area contributed by atoms with Gasteiger partial charge in [-0.1, -0.05) is 30.3 Å². The minimum absolute atomic E-state index is 0.108. The summed E-state index contributed by atoms with van der Waals surface area (Å²) < 4.78 is 22.4. The quantitative estimate of drug-likeness (QED) is 0.466. The van der Waals surface area contributed by atoms with Crippen LogP contribution >= 0.6 is 7.82 Å². The van der Waals surface area contributed by atoms with Gasteiger partial charge in [0, 0.05) is 6.54 Å². The van der Waals surface area contributed by atoms with E-state index in [2.05, 4.69) is 24.8 Å². The Kier molecular flexibility index (Phi) is 6.15. The number of benzene rings is 1. The third kappa shape index (κ3) is 5.56. The van der Waals surface area contributed by atoms with E-state index in [4.69, 9.17) is 14.5 Å². The monoisotopic (exact) mass is 393 g/mol. The van der Waals surface area contributed by atoms with Crippen molar-refractivity contribution in [3.63, 3.8) is 0 Å². The average Bonchev–Trinajstić information content (AvgIpc) is 3.07. The number of hydrogen-bond donors (Lipinski definition) is 3. The highest BCUT2D eigenvalue weighted by atomic mass is 31.2. The van der Waals surface area contributed by atoms with Crippen molar-refractivity contribution in [3.8, 4) is 0 Å². The van der Waals surface area contributed by atoms with Crippen LogP contribution in [-0.2, 0) is 27.1 Å². The summed E-state index contributed by atoms with van der Waals surface area (Å²) in [7, 11) is -4.51. The number of imidazole rings is 1. The van der Waals surface area contributed by atoms with Gasteiger partial charge in [-0.25, -0.2) is 19.5 Å². The van der Waals surface area contributed by atoms with Crippen molar-refractivity contribution in [3.05, 3.63) is 48.5 Å². The molecule has 3 N–H and O–H groups in total. The van der Waals surface area contributed by atoms with Crippen LogP contribution in [0.5, 0.6) is 0 Å². The number of ether oxygens (including phenoxy) is 1. The Hall–Kier alpha value is -2.36. The molecule has 0 saturated heterocycles. The predicted octanol–water partition coefficient (Wildman–Crippen LogP) is 1.91. The normalized spacial score (nSPS) is 13.0. The number of anilines is 1. The van der Waals surface area contributed by atoms with E-state index in [9.17, 15) is 4.57 Å². The Morgan fingerprint density at radius 2 is 2.00 bits per heavy atom. The number of nitrogens with one attached hydrogen (secondary N) is 1. The van der Waals surface area contributed by atoms with Gasteiger partial charge in [-0.2, -0.15) is 0 Å². The molecule has 0 fully saturated rings. The molecule has 3 aromatic rings. The van der Waals surface area contributed by atoms with E-state index in [0.717, 1.165) is 5.56 Å². The molecular weight excluding hydrogens is 373 g/mol. The summed E-state index contributed by atoms with van der Waals surface area (Å²) in [6, 6.07) is 9.92. The second kappa shape index (κ2) is 8.55. The van der Waals surface area contributed by atoms with Crippen LogP contribution in [0.4, 0.5) is 5.82 Å². The van der Waals surface area contributed by atoms with Crippen LogP contribution in [0, 0.1) is 0 Å². The summed E-state index contributed by atoms with van der Waals surface area (Å²) >= 11 is 0. The lowest BCUT2D eigenvalue weighted by atomic mass is 10.2. The molecule has 10 nitrogen and oxygen atoms in total. The third-order valence-corrected chi connectivity index (χ3v) is 4.16. The summed E-state index contributed by atoms with van der Waals surface area (Å²) in [6.45, 7) is 2.14. The molecule has 0 saturated carbocycles. The topological polar surface area (TPSA) is 132 Å². The minimum Gasteiger partial charge on any atom is -0.364 e. The standard InChI is InChI=1S/C16H20N5O5P/c1-12(8-26-27(22,23)24)25-11-21-10-20-14-15(18-9-19-16(14)21)17-7-13-5-3-2-4-6-13/h2-6,9-10,12H,7-8,11H2,1H3,(H,17,18,19)(H2,22,23,24). The lowest BCUT2D eigenvalue weighted by molar-refractivity contribution is -0.0115. The SMILES string of the molecule is CC(COP(=O)(O)O)OCn1cnc2c(NCc3ccccc3)ncnc21. The fraction of sp³-hybridized carbons (Fsp3) is 0.312. The number of phosphoric acid groups is 1. The molecule has 0 spiro atoms. The molecule has 3 rings (SSSR count). The largest absolute Gasteiger partial charge is 0.469 e. The molecule has 11 heteroatoms. The molecule has 27 heavy (non-hydrogen) atoms. The molecule has 0 aliphatic carbocycles. The van der Waals surface area contributed by atoms with Gasteiger partial charge in [0.25, 0.3) is 0 Å². The van der Waals surface area contributed by atoms with Crippen LogP contribution in [0.25, 0.3) is 11.2 Å². The Morgan fingerprint density at radius 3 is 2.74 bits per heavy atom. The van der Waals surface area contributed by atoms with E-state index < -0.39 is 13.9 Å². The van der Waals surface area contributed by atoms with Gasteiger partial charge in [0.05, 0.1) is 19.0 Å². The smallest absolute Gasteiger partial charge is 0.364 e. The van der Waals surface area contributed by atoms with Gasteiger partial charge >= 0.3 is 7.82 Å². The zero-order valence-corrected chi connectivity index (χ0v) is 15.5. The average molecular weight is 393 g/mol. The van der Waals surface area contributed by atoms with E-state index in [0.29, 0.717) is 23.5 Å². The maximum absolute atomic E-state index is 10.7. The summed E-state index contributed by atoms with van der Waals surface area (Å²) in [6.07, 6.45) is 2.49. The van der Waals surface area contributed by atoms with Crippen molar-refractivity contribution in [2.75, 3.05) is 11.9 Å². The maximum Gasteiger partial charge on any atom is 0.469 e. The molecule has 2 heterocycles. The van der Waals surface area contributed by atoms with Crippen LogP contribution in [0.15, 0.2) is 43.0 Å². The summed E-state index contributed by atoms with van der Waals surface area (Å²) in [5, 5.41) is 3.24. The van der Waals surface area contributed by atoms with Gasteiger partial charge < -0.3 is 19.8 Å². The Labute approximate surface area is 155 Å². The lowest BCUT2D eigenvalue weighted by Gasteiger charge is -2.14. The molecule has 1 atom stereocenters. The molecule has 0 aliphatic rings. The third-order valence-electron chi connectivity index (χ3n) is 3.68. The highest BCUT2D eigenvalue weighted by molar-refractivity contribution is 7.46. The van der Waals surface area contributed by atoms with Crippen molar-refractivity contribution < 1.29 is 23.6 Å². The highest BCUT2D eigenvalue weighted by Gasteiger charge is 2.17. The van der Waals surface area contributed by atoms with Crippen LogP contribution in [-0.4, -0.2) is 42.0 Å². The van der Waals surface area contributed by atoms with Gasteiger partial charge in [0.1, 0.15) is 13.1 Å². The first-order chi connectivity index (χ1) is 12.9. The zero-order chi connectivity index (χ0) is 19.3. The Balaban J connectivity index is 1.63. The maximum atomic E-state index is 10.7. The number of nitrogens with zero attached hydrogens (tertiary/aromatic N) is 4. The second-order valence-electron chi connectivity index (χ2n) is 5.84. The fourth-order valence-electron chi connectivity index (χ4n) is 2.34. The first kappa shape index (κ1) is 19.4. The van der Waals surface area contributed by atoms with Crippen molar-refractivity contribution in [2.24, 2.45) is 0 Å². The molecule has 0 radical (unpaired) electrons. The predicted molar refractivity (Wildman–Crippen MR) is 97.6 cm³/mol. The van der Waals surface area contributed by atoms with Crippen LogP contribution in [0.2, 0.25) is 0 Å². The Bertz CT molecular complexity index is 929. The zero-order valence-electron chi connectivity index (χ0n) is 14.6. The van der Waals surface area contributed by atoms with Crippen molar-refractivity contribution in [1.82, 2.24) is 19.5 Å². The Morgan fingerprint density at radius 1 is 1.22 bits per heavy atom. The van der Waals surface area contributed by atoms with E-state index in [-0.39, 0.29) is 13.3 Å². The van der Waals surface area contributed by atoms with Crippen LogP contribution in [0.1, 0.15) is 12.5 Å². The van der Waals surface area contributed by atoms with Crippen LogP contribution in [0.3, 0.4) is 0 Å². The van der Waals surface area contributed by atoms with Gasteiger partial charge in [0.2, 0.25) is 0 Å². The highest BCUT2D eigenvalue weighted by Crippen LogP contribution is 2.35. The van der Waals surface area contributed by atoms with Gasteiger partial charge in [-0.05, 0) is 12.5 Å². The molecule has 0 aliphatic heterocycles. The number of phosphoric ester groups is 1. The van der Waals surface area contributed by atoms with Crippen molar-refractivity contribution >= 4 is 24.8 Å². The fourth-order valence-corrected chi connectivity index (χ4v) is 2.75. The van der Waals surface area contributed by atoms with Gasteiger partial charge in [-0.15, -0.1) is 0 Å². The summed E-state index contributed by atoms with van der Waals surface area (Å²) in [4.78, 5) is 30.2. The molecule has 144 valence electrons. The molecule has 0 amide bonds. The molecular formula is C16H20N5O5P. The first-order valence-corrected chi connectivity index (χ1v) is 9.71. The molecule has 1 unspecified atom stereocenters. The second-order valence-corrected chi connectivity index (χ2v) is 7.08. The van der Waals surface area contributed by atoms with E-state index in [1.165, 1.54) is 6.33 Å². The van der Waals surface area contributed by atoms with E-state index in [1.54, 1.807) is 17.8 Å². The minimum atomic E-state index is -4.51.